The summed E-state index contributed by atoms with van der Waals surface area (Å²) in [7, 11) is -1.35. The molecule has 0 bridgehead atoms. The van der Waals surface area contributed by atoms with Crippen molar-refractivity contribution in [3.63, 3.8) is 0 Å². The highest BCUT2D eigenvalue weighted by atomic mass is 35.5. The van der Waals surface area contributed by atoms with Gasteiger partial charge >= 0.3 is 0 Å². The molecule has 4 nitrogen and oxygen atoms in total. The molecular formula is C12H14ClNO3S. The van der Waals surface area contributed by atoms with Crippen LogP contribution in [-0.2, 0) is 9.84 Å². The zero-order valence-corrected chi connectivity index (χ0v) is 11.5. The van der Waals surface area contributed by atoms with Crippen molar-refractivity contribution in [1.82, 2.24) is 4.90 Å². The zero-order valence-electron chi connectivity index (χ0n) is 9.97. The van der Waals surface area contributed by atoms with E-state index in [2.05, 4.69) is 0 Å². The van der Waals surface area contributed by atoms with Crippen LogP contribution in [0.5, 0.6) is 0 Å². The number of rotatable bonds is 2. The third-order valence-corrected chi connectivity index (χ3v) is 5.13. The molecular weight excluding hydrogens is 274 g/mol. The molecule has 0 aliphatic carbocycles. The van der Waals surface area contributed by atoms with Crippen LogP contribution in [0.2, 0.25) is 5.02 Å². The minimum atomic E-state index is -2.98. The molecule has 1 aliphatic rings. The van der Waals surface area contributed by atoms with Crippen molar-refractivity contribution in [2.24, 2.45) is 0 Å². The summed E-state index contributed by atoms with van der Waals surface area (Å²) < 4.78 is 22.8. The Bertz CT molecular complexity index is 570. The summed E-state index contributed by atoms with van der Waals surface area (Å²) in [4.78, 5) is 13.7. The zero-order chi connectivity index (χ0) is 13.3. The van der Waals surface area contributed by atoms with Crippen molar-refractivity contribution < 1.29 is 13.2 Å². The SMILES string of the molecule is CN(C(=O)c1cccc(Cl)c1)C1CCS(=O)(=O)C1. The number of carbonyl (C=O) groups excluding carboxylic acids is 1. The number of sulfone groups is 1. The summed E-state index contributed by atoms with van der Waals surface area (Å²) in [5.74, 6) is 0.0142. The van der Waals surface area contributed by atoms with E-state index in [1.807, 2.05) is 0 Å². The summed E-state index contributed by atoms with van der Waals surface area (Å²) in [5.41, 5.74) is 0.481. The summed E-state index contributed by atoms with van der Waals surface area (Å²) in [6.45, 7) is 0. The van der Waals surface area contributed by atoms with Crippen LogP contribution in [0.25, 0.3) is 0 Å². The van der Waals surface area contributed by atoms with Crippen LogP contribution in [0.4, 0.5) is 0 Å². The maximum Gasteiger partial charge on any atom is 0.253 e. The average molecular weight is 288 g/mol. The summed E-state index contributed by atoms with van der Waals surface area (Å²) >= 11 is 5.83. The van der Waals surface area contributed by atoms with Crippen molar-refractivity contribution in [3.05, 3.63) is 34.9 Å². The molecule has 1 saturated heterocycles. The fraction of sp³-hybridized carbons (Fsp3) is 0.417. The van der Waals surface area contributed by atoms with E-state index in [0.717, 1.165) is 0 Å². The Balaban J connectivity index is 2.15. The third kappa shape index (κ3) is 2.84. The van der Waals surface area contributed by atoms with E-state index in [1.165, 1.54) is 4.90 Å². The summed E-state index contributed by atoms with van der Waals surface area (Å²) in [6, 6.07) is 6.42. The van der Waals surface area contributed by atoms with Crippen molar-refractivity contribution >= 4 is 27.3 Å². The monoisotopic (exact) mass is 287 g/mol. The van der Waals surface area contributed by atoms with Gasteiger partial charge in [0.15, 0.2) is 9.84 Å². The largest absolute Gasteiger partial charge is 0.338 e. The molecule has 1 aliphatic heterocycles. The Morgan fingerprint density at radius 3 is 2.72 bits per heavy atom. The van der Waals surface area contributed by atoms with Gasteiger partial charge in [0.2, 0.25) is 0 Å². The predicted molar refractivity (Wildman–Crippen MR) is 70.6 cm³/mol. The normalized spacial score (nSPS) is 21.8. The van der Waals surface area contributed by atoms with Gasteiger partial charge in [-0.15, -0.1) is 0 Å². The van der Waals surface area contributed by atoms with Gasteiger partial charge in [-0.3, -0.25) is 4.79 Å². The lowest BCUT2D eigenvalue weighted by Crippen LogP contribution is -2.37. The number of hydrogen-bond donors (Lipinski definition) is 0. The first kappa shape index (κ1) is 13.4. The molecule has 1 atom stereocenters. The molecule has 1 heterocycles. The van der Waals surface area contributed by atoms with E-state index >= 15 is 0 Å². The van der Waals surface area contributed by atoms with E-state index in [4.69, 9.17) is 11.6 Å². The first-order chi connectivity index (χ1) is 8.39. The van der Waals surface area contributed by atoms with E-state index in [-0.39, 0.29) is 23.5 Å². The molecule has 0 N–H and O–H groups in total. The molecule has 0 saturated carbocycles. The second-order valence-corrected chi connectivity index (χ2v) is 7.15. The Hall–Kier alpha value is -1.07. The highest BCUT2D eigenvalue weighted by Gasteiger charge is 2.32. The molecule has 0 aromatic heterocycles. The molecule has 98 valence electrons. The predicted octanol–water partition coefficient (Wildman–Crippen LogP) is 1.60. The molecule has 0 radical (unpaired) electrons. The number of nitrogens with zero attached hydrogens (tertiary/aromatic N) is 1. The minimum absolute atomic E-state index is 0.0514. The molecule has 1 fully saturated rings. The first-order valence-electron chi connectivity index (χ1n) is 5.62. The van der Waals surface area contributed by atoms with Crippen LogP contribution < -0.4 is 0 Å². The highest BCUT2D eigenvalue weighted by molar-refractivity contribution is 7.91. The second kappa shape index (κ2) is 4.90. The van der Waals surface area contributed by atoms with Crippen LogP contribution in [0.1, 0.15) is 16.8 Å². The number of halogens is 1. The first-order valence-corrected chi connectivity index (χ1v) is 7.82. The standard InChI is InChI=1S/C12H14ClNO3S/c1-14(11-5-6-18(16,17)8-11)12(15)9-3-2-4-10(13)7-9/h2-4,7,11H,5-6,8H2,1H3. The maximum absolute atomic E-state index is 12.2. The molecule has 18 heavy (non-hydrogen) atoms. The highest BCUT2D eigenvalue weighted by Crippen LogP contribution is 2.19. The van der Waals surface area contributed by atoms with Crippen LogP contribution in [0.15, 0.2) is 24.3 Å². The van der Waals surface area contributed by atoms with E-state index in [0.29, 0.717) is 17.0 Å². The fourth-order valence-corrected chi connectivity index (χ4v) is 4.04. The van der Waals surface area contributed by atoms with Gasteiger partial charge in [0.25, 0.3) is 5.91 Å². The van der Waals surface area contributed by atoms with Crippen LogP contribution >= 0.6 is 11.6 Å². The van der Waals surface area contributed by atoms with E-state index in [9.17, 15) is 13.2 Å². The number of carbonyl (C=O) groups is 1. The smallest absolute Gasteiger partial charge is 0.253 e. The Morgan fingerprint density at radius 2 is 2.17 bits per heavy atom. The molecule has 2 rings (SSSR count). The van der Waals surface area contributed by atoms with Gasteiger partial charge in [-0.1, -0.05) is 17.7 Å². The molecule has 1 aromatic carbocycles. The van der Waals surface area contributed by atoms with Gasteiger partial charge in [0.1, 0.15) is 0 Å². The van der Waals surface area contributed by atoms with Crippen LogP contribution in [0, 0.1) is 0 Å². The number of benzene rings is 1. The fourth-order valence-electron chi connectivity index (χ4n) is 2.07. The lowest BCUT2D eigenvalue weighted by Gasteiger charge is -2.23. The van der Waals surface area contributed by atoms with Crippen molar-refractivity contribution in [2.45, 2.75) is 12.5 Å². The van der Waals surface area contributed by atoms with Crippen LogP contribution in [-0.4, -0.2) is 43.8 Å². The Morgan fingerprint density at radius 1 is 1.44 bits per heavy atom. The van der Waals surface area contributed by atoms with Crippen molar-refractivity contribution in [1.29, 1.82) is 0 Å². The van der Waals surface area contributed by atoms with E-state index in [1.54, 1.807) is 31.3 Å². The number of hydrogen-bond acceptors (Lipinski definition) is 3. The van der Waals surface area contributed by atoms with Gasteiger partial charge in [0, 0.05) is 23.7 Å². The second-order valence-electron chi connectivity index (χ2n) is 4.48. The van der Waals surface area contributed by atoms with Gasteiger partial charge in [-0.2, -0.15) is 0 Å². The lowest BCUT2D eigenvalue weighted by atomic mass is 10.1. The van der Waals surface area contributed by atoms with Crippen molar-refractivity contribution in [2.75, 3.05) is 18.6 Å². The third-order valence-electron chi connectivity index (χ3n) is 3.15. The molecule has 6 heteroatoms. The number of amides is 1. The molecule has 1 unspecified atom stereocenters. The Labute approximate surface area is 111 Å². The van der Waals surface area contributed by atoms with Gasteiger partial charge in [-0.05, 0) is 24.6 Å². The quantitative estimate of drug-likeness (QED) is 0.830. The lowest BCUT2D eigenvalue weighted by molar-refractivity contribution is 0.0747. The average Bonchev–Trinajstić information content (AvgIpc) is 2.68. The van der Waals surface area contributed by atoms with Crippen molar-refractivity contribution in [3.8, 4) is 0 Å². The molecule has 0 spiro atoms. The maximum atomic E-state index is 12.2. The summed E-state index contributed by atoms with van der Waals surface area (Å²) in [5, 5.41) is 0.494. The van der Waals surface area contributed by atoms with Gasteiger partial charge in [-0.25, -0.2) is 8.42 Å². The molecule has 1 aromatic rings. The molecule has 1 amide bonds. The van der Waals surface area contributed by atoms with Gasteiger partial charge in [0.05, 0.1) is 11.5 Å². The van der Waals surface area contributed by atoms with Gasteiger partial charge < -0.3 is 4.90 Å². The van der Waals surface area contributed by atoms with E-state index < -0.39 is 9.84 Å². The minimum Gasteiger partial charge on any atom is -0.338 e. The Kier molecular flexibility index (Phi) is 3.64. The summed E-state index contributed by atoms with van der Waals surface area (Å²) in [6.07, 6.45) is 0.505. The van der Waals surface area contributed by atoms with Crippen LogP contribution in [0.3, 0.4) is 0 Å². The topological polar surface area (TPSA) is 54.5 Å².